The van der Waals surface area contributed by atoms with Crippen LogP contribution >= 0.6 is 0 Å². The number of nitrogens with one attached hydrogen (secondary N) is 1. The third-order valence-corrected chi connectivity index (χ3v) is 3.49. The van der Waals surface area contributed by atoms with Crippen molar-refractivity contribution in [2.45, 2.75) is 65.2 Å². The first-order valence-corrected chi connectivity index (χ1v) is 8.98. The summed E-state index contributed by atoms with van der Waals surface area (Å²) in [5.74, 6) is 0.718. The van der Waals surface area contributed by atoms with Crippen LogP contribution in [0.3, 0.4) is 0 Å². The van der Waals surface area contributed by atoms with E-state index in [1.807, 2.05) is 14.1 Å². The van der Waals surface area contributed by atoms with Crippen LogP contribution in [0, 0.1) is 5.92 Å². The topological polar surface area (TPSA) is 66.4 Å². The lowest BCUT2D eigenvalue weighted by Gasteiger charge is -2.04. The summed E-state index contributed by atoms with van der Waals surface area (Å²) < 4.78 is 29.4. The molecule has 0 heterocycles. The van der Waals surface area contributed by atoms with E-state index in [0.717, 1.165) is 18.8 Å². The molecule has 0 saturated carbocycles. The van der Waals surface area contributed by atoms with Crippen molar-refractivity contribution in [3.05, 3.63) is 0 Å². The molecule has 0 saturated heterocycles. The zero-order valence-corrected chi connectivity index (χ0v) is 13.9. The molecule has 0 aromatic rings. The Labute approximate surface area is 120 Å². The summed E-state index contributed by atoms with van der Waals surface area (Å²) >= 11 is 0. The van der Waals surface area contributed by atoms with Crippen LogP contribution < -0.4 is 5.32 Å². The molecule has 19 heavy (non-hydrogen) atoms. The number of unbranched alkanes of at least 4 members (excludes halogenated alkanes) is 6. The summed E-state index contributed by atoms with van der Waals surface area (Å²) in [5, 5.41) is 2.75. The van der Waals surface area contributed by atoms with Crippen LogP contribution in [0.4, 0.5) is 0 Å². The lowest BCUT2D eigenvalue weighted by Crippen LogP contribution is -2.03. The van der Waals surface area contributed by atoms with Crippen molar-refractivity contribution < 1.29 is 13.0 Å². The molecule has 4 nitrogen and oxygen atoms in total. The van der Waals surface area contributed by atoms with Crippen LogP contribution in [0.5, 0.6) is 0 Å². The van der Waals surface area contributed by atoms with Crippen molar-refractivity contribution >= 4 is 10.1 Å². The second-order valence-electron chi connectivity index (χ2n) is 5.44. The van der Waals surface area contributed by atoms with Crippen molar-refractivity contribution in [2.75, 3.05) is 19.8 Å². The molecule has 0 fully saturated rings. The molecule has 0 radical (unpaired) electrons. The number of hydrogen-bond acceptors (Lipinski definition) is 3. The first-order valence-electron chi connectivity index (χ1n) is 7.37. The molecule has 5 heteroatoms. The highest BCUT2D eigenvalue weighted by Crippen LogP contribution is 2.12. The Hall–Kier alpha value is -0.130. The average Bonchev–Trinajstić information content (AvgIpc) is 2.26. The van der Waals surface area contributed by atoms with Crippen LogP contribution in [0.15, 0.2) is 0 Å². The summed E-state index contributed by atoms with van der Waals surface area (Å²) in [6, 6.07) is 0. The van der Waals surface area contributed by atoms with Crippen molar-refractivity contribution in [1.82, 2.24) is 5.32 Å². The van der Waals surface area contributed by atoms with Crippen molar-refractivity contribution in [2.24, 2.45) is 5.92 Å². The minimum atomic E-state index is -3.74. The summed E-state index contributed by atoms with van der Waals surface area (Å²) in [7, 11) is 0.0150. The normalized spacial score (nSPS) is 11.3. The van der Waals surface area contributed by atoms with E-state index in [1.165, 1.54) is 32.1 Å². The van der Waals surface area contributed by atoms with Crippen LogP contribution in [-0.4, -0.2) is 32.8 Å². The number of hydrogen-bond donors (Lipinski definition) is 2. The van der Waals surface area contributed by atoms with E-state index in [-0.39, 0.29) is 5.75 Å². The summed E-state index contributed by atoms with van der Waals surface area (Å²) in [5.41, 5.74) is 0. The van der Waals surface area contributed by atoms with Gasteiger partial charge in [0.1, 0.15) is 0 Å². The minimum absolute atomic E-state index is 0.0830. The fourth-order valence-electron chi connectivity index (χ4n) is 1.72. The van der Waals surface area contributed by atoms with Crippen molar-refractivity contribution in [3.63, 3.8) is 0 Å². The van der Waals surface area contributed by atoms with Gasteiger partial charge in [0, 0.05) is 0 Å². The maximum absolute atomic E-state index is 10.4. The van der Waals surface area contributed by atoms with Gasteiger partial charge in [-0.05, 0) is 26.4 Å². The molecule has 0 amide bonds. The van der Waals surface area contributed by atoms with E-state index < -0.39 is 10.1 Å². The van der Waals surface area contributed by atoms with Crippen molar-refractivity contribution in [3.8, 4) is 0 Å². The van der Waals surface area contributed by atoms with E-state index >= 15 is 0 Å². The van der Waals surface area contributed by atoms with E-state index in [0.29, 0.717) is 6.42 Å². The fraction of sp³-hybridized carbons (Fsp3) is 1.00. The summed E-state index contributed by atoms with van der Waals surface area (Å²) in [6.45, 7) is 4.49. The molecule has 0 aromatic heterocycles. The summed E-state index contributed by atoms with van der Waals surface area (Å²) in [6.07, 6.45) is 8.91. The Bertz CT molecular complexity index is 264. The molecule has 0 aliphatic carbocycles. The third-order valence-electron chi connectivity index (χ3n) is 2.68. The van der Waals surface area contributed by atoms with Gasteiger partial charge in [0.25, 0.3) is 10.1 Å². The van der Waals surface area contributed by atoms with Gasteiger partial charge in [-0.2, -0.15) is 8.42 Å². The van der Waals surface area contributed by atoms with Gasteiger partial charge in [-0.1, -0.05) is 58.8 Å². The smallest absolute Gasteiger partial charge is 0.264 e. The summed E-state index contributed by atoms with van der Waals surface area (Å²) in [4.78, 5) is 0. The Kier molecular flexibility index (Phi) is 15.9. The Morgan fingerprint density at radius 1 is 0.895 bits per heavy atom. The van der Waals surface area contributed by atoms with Gasteiger partial charge in [-0.25, -0.2) is 0 Å². The molecule has 2 N–H and O–H groups in total. The second-order valence-corrected chi connectivity index (χ2v) is 7.02. The van der Waals surface area contributed by atoms with Gasteiger partial charge in [-0.3, -0.25) is 4.55 Å². The molecule has 118 valence electrons. The highest BCUT2D eigenvalue weighted by molar-refractivity contribution is 7.85. The fourth-order valence-corrected chi connectivity index (χ4v) is 2.29. The molecular weight excluding hydrogens is 262 g/mol. The third kappa shape index (κ3) is 27.2. The van der Waals surface area contributed by atoms with E-state index in [1.54, 1.807) is 0 Å². The van der Waals surface area contributed by atoms with Gasteiger partial charge >= 0.3 is 0 Å². The molecule has 0 aliphatic heterocycles. The predicted octanol–water partition coefficient (Wildman–Crippen LogP) is 3.49. The van der Waals surface area contributed by atoms with Gasteiger partial charge in [0.15, 0.2) is 0 Å². The lowest BCUT2D eigenvalue weighted by molar-refractivity contribution is 0.477. The SMILES string of the molecule is CC(C)CCCCCCCCCS(=O)(=O)O.CNC. The molecule has 0 unspecified atom stereocenters. The van der Waals surface area contributed by atoms with Gasteiger partial charge < -0.3 is 5.32 Å². The molecule has 0 atom stereocenters. The van der Waals surface area contributed by atoms with Crippen LogP contribution in [0.2, 0.25) is 0 Å². The highest BCUT2D eigenvalue weighted by atomic mass is 32.2. The quantitative estimate of drug-likeness (QED) is 0.478. The van der Waals surface area contributed by atoms with E-state index in [9.17, 15) is 8.42 Å². The molecule has 0 aromatic carbocycles. The monoisotopic (exact) mass is 295 g/mol. The maximum Gasteiger partial charge on any atom is 0.264 e. The van der Waals surface area contributed by atoms with Gasteiger partial charge in [0.2, 0.25) is 0 Å². The lowest BCUT2D eigenvalue weighted by atomic mass is 10.0. The maximum atomic E-state index is 10.4. The largest absolute Gasteiger partial charge is 0.323 e. The highest BCUT2D eigenvalue weighted by Gasteiger charge is 2.02. The van der Waals surface area contributed by atoms with E-state index in [2.05, 4.69) is 19.2 Å². The molecule has 0 bridgehead atoms. The minimum Gasteiger partial charge on any atom is -0.323 e. The van der Waals surface area contributed by atoms with Gasteiger partial charge in [-0.15, -0.1) is 0 Å². The molecule has 0 spiro atoms. The number of rotatable bonds is 10. The first-order chi connectivity index (χ1) is 8.83. The Morgan fingerprint density at radius 3 is 1.63 bits per heavy atom. The van der Waals surface area contributed by atoms with Crippen LogP contribution in [-0.2, 0) is 10.1 Å². The molecule has 0 aliphatic rings. The van der Waals surface area contributed by atoms with Gasteiger partial charge in [0.05, 0.1) is 5.75 Å². The van der Waals surface area contributed by atoms with E-state index in [4.69, 9.17) is 4.55 Å². The molecular formula is C14H33NO3S. The Morgan fingerprint density at radius 2 is 1.26 bits per heavy atom. The first kappa shape index (κ1) is 21.2. The van der Waals surface area contributed by atoms with Crippen LogP contribution in [0.25, 0.3) is 0 Å². The Balaban J connectivity index is 0. The zero-order valence-electron chi connectivity index (χ0n) is 13.1. The van der Waals surface area contributed by atoms with Crippen LogP contribution in [0.1, 0.15) is 65.2 Å². The van der Waals surface area contributed by atoms with Crippen molar-refractivity contribution in [1.29, 1.82) is 0 Å². The standard InChI is InChI=1S/C12H26O3S.C2H7N/c1-12(2)10-8-6-4-3-5-7-9-11-16(13,14)15;1-3-2/h12H,3-11H2,1-2H3,(H,13,14,15);3H,1-2H3. The predicted molar refractivity (Wildman–Crippen MR) is 83.2 cm³/mol. The molecule has 0 rings (SSSR count). The average molecular weight is 295 g/mol. The zero-order chi connectivity index (χ0) is 15.1. The second kappa shape index (κ2) is 14.3.